The fourth-order valence-electron chi connectivity index (χ4n) is 1.99. The maximum Gasteiger partial charge on any atom is 0.291 e. The quantitative estimate of drug-likeness (QED) is 0.765. The van der Waals surface area contributed by atoms with Gasteiger partial charge in [-0.2, -0.15) is 0 Å². The number of benzene rings is 1. The number of H-pyrrole nitrogens is 1. The van der Waals surface area contributed by atoms with Crippen molar-refractivity contribution < 1.29 is 9.21 Å². The number of nitrogens with one attached hydrogen (secondary N) is 2. The first-order valence-corrected chi connectivity index (χ1v) is 6.19. The van der Waals surface area contributed by atoms with E-state index < -0.39 is 0 Å². The summed E-state index contributed by atoms with van der Waals surface area (Å²) >= 11 is 0. The zero-order chi connectivity index (χ0) is 13.9. The molecule has 2 heterocycles. The number of imidazole rings is 1. The Hall–Kier alpha value is -2.82. The van der Waals surface area contributed by atoms with Gasteiger partial charge in [0.15, 0.2) is 5.76 Å². The van der Waals surface area contributed by atoms with Crippen LogP contribution in [0.25, 0.3) is 11.3 Å². The highest BCUT2D eigenvalue weighted by atomic mass is 16.3. The van der Waals surface area contributed by atoms with E-state index in [-0.39, 0.29) is 11.7 Å². The van der Waals surface area contributed by atoms with Gasteiger partial charge in [0.2, 0.25) is 0 Å². The molecule has 0 aliphatic heterocycles. The van der Waals surface area contributed by atoms with Crippen molar-refractivity contribution in [2.24, 2.45) is 0 Å². The molecular weight excluding hydrogens is 254 g/mol. The smallest absolute Gasteiger partial charge is 0.291 e. The Morgan fingerprint density at radius 1 is 1.30 bits per heavy atom. The summed E-state index contributed by atoms with van der Waals surface area (Å²) in [4.78, 5) is 19.2. The minimum atomic E-state index is -0.272. The number of furan rings is 1. The molecule has 2 N–H and O–H groups in total. The van der Waals surface area contributed by atoms with E-state index in [2.05, 4.69) is 15.3 Å². The highest BCUT2D eigenvalue weighted by Crippen LogP contribution is 2.23. The number of carbonyl (C=O) groups excluding carboxylic acids is 1. The van der Waals surface area contributed by atoms with Crippen LogP contribution < -0.4 is 5.32 Å². The van der Waals surface area contributed by atoms with E-state index in [9.17, 15) is 4.79 Å². The maximum absolute atomic E-state index is 11.9. The molecule has 0 saturated carbocycles. The van der Waals surface area contributed by atoms with E-state index in [0.717, 1.165) is 17.0 Å². The zero-order valence-corrected chi connectivity index (χ0v) is 10.9. The van der Waals surface area contributed by atoms with Crippen molar-refractivity contribution in [3.05, 3.63) is 60.4 Å². The van der Waals surface area contributed by atoms with Crippen LogP contribution in [-0.4, -0.2) is 15.9 Å². The lowest BCUT2D eigenvalue weighted by Crippen LogP contribution is -2.10. The lowest BCUT2D eigenvalue weighted by Gasteiger charge is -2.05. The third kappa shape index (κ3) is 2.33. The number of amides is 1. The molecule has 0 bridgehead atoms. The van der Waals surface area contributed by atoms with Gasteiger partial charge < -0.3 is 14.7 Å². The van der Waals surface area contributed by atoms with Crippen molar-refractivity contribution in [2.75, 3.05) is 5.32 Å². The lowest BCUT2D eigenvalue weighted by molar-refractivity contribution is 0.0996. The standard InChI is InChI=1S/C15H13N3O2/c1-10-14(17-9-16-10)11-4-2-5-12(8-11)18-15(19)13-6-3-7-20-13/h2-9H,1H3,(H,16,17)(H,18,19). The summed E-state index contributed by atoms with van der Waals surface area (Å²) in [6, 6.07) is 10.8. The highest BCUT2D eigenvalue weighted by Gasteiger charge is 2.10. The van der Waals surface area contributed by atoms with E-state index in [4.69, 9.17) is 4.42 Å². The largest absolute Gasteiger partial charge is 0.459 e. The van der Waals surface area contributed by atoms with E-state index in [1.807, 2.05) is 31.2 Å². The van der Waals surface area contributed by atoms with Gasteiger partial charge in [-0.3, -0.25) is 4.79 Å². The van der Waals surface area contributed by atoms with Gasteiger partial charge in [0.05, 0.1) is 18.3 Å². The number of anilines is 1. The lowest BCUT2D eigenvalue weighted by atomic mass is 10.1. The number of hydrogen-bond acceptors (Lipinski definition) is 3. The fraction of sp³-hybridized carbons (Fsp3) is 0.0667. The summed E-state index contributed by atoms with van der Waals surface area (Å²) in [5.74, 6) is 0.0113. The molecule has 0 saturated heterocycles. The summed E-state index contributed by atoms with van der Waals surface area (Å²) in [6.07, 6.45) is 3.12. The Balaban J connectivity index is 1.85. The van der Waals surface area contributed by atoms with Gasteiger partial charge >= 0.3 is 0 Å². The van der Waals surface area contributed by atoms with Gasteiger partial charge in [-0.05, 0) is 31.2 Å². The molecule has 0 radical (unpaired) electrons. The molecule has 5 nitrogen and oxygen atoms in total. The molecule has 0 fully saturated rings. The fourth-order valence-corrected chi connectivity index (χ4v) is 1.99. The first kappa shape index (κ1) is 12.2. The second kappa shape index (κ2) is 5.05. The van der Waals surface area contributed by atoms with Gasteiger partial charge in [-0.25, -0.2) is 4.98 Å². The van der Waals surface area contributed by atoms with Gasteiger partial charge in [-0.15, -0.1) is 0 Å². The monoisotopic (exact) mass is 267 g/mol. The second-order valence-electron chi connectivity index (χ2n) is 4.39. The Labute approximate surface area is 115 Å². The van der Waals surface area contributed by atoms with Crippen molar-refractivity contribution >= 4 is 11.6 Å². The van der Waals surface area contributed by atoms with Crippen molar-refractivity contribution in [2.45, 2.75) is 6.92 Å². The molecule has 20 heavy (non-hydrogen) atoms. The first-order chi connectivity index (χ1) is 9.74. The Morgan fingerprint density at radius 2 is 2.20 bits per heavy atom. The zero-order valence-electron chi connectivity index (χ0n) is 10.9. The normalized spacial score (nSPS) is 10.4. The van der Waals surface area contributed by atoms with E-state index in [1.54, 1.807) is 18.5 Å². The molecule has 3 rings (SSSR count). The van der Waals surface area contributed by atoms with Crippen LogP contribution in [0.3, 0.4) is 0 Å². The summed E-state index contributed by atoms with van der Waals surface area (Å²) in [6.45, 7) is 1.95. The molecule has 0 unspecified atom stereocenters. The van der Waals surface area contributed by atoms with Gasteiger partial charge in [0.1, 0.15) is 0 Å². The van der Waals surface area contributed by atoms with Gasteiger partial charge in [-0.1, -0.05) is 12.1 Å². The predicted molar refractivity (Wildman–Crippen MR) is 75.4 cm³/mol. The number of hydrogen-bond donors (Lipinski definition) is 2. The molecule has 100 valence electrons. The number of carbonyl (C=O) groups is 1. The molecule has 0 atom stereocenters. The summed E-state index contributed by atoms with van der Waals surface area (Å²) < 4.78 is 5.06. The van der Waals surface area contributed by atoms with Crippen LogP contribution in [0.2, 0.25) is 0 Å². The minimum Gasteiger partial charge on any atom is -0.459 e. The second-order valence-corrected chi connectivity index (χ2v) is 4.39. The van der Waals surface area contributed by atoms with E-state index in [1.165, 1.54) is 6.26 Å². The maximum atomic E-state index is 11.9. The van der Waals surface area contributed by atoms with Crippen molar-refractivity contribution in [1.29, 1.82) is 0 Å². The van der Waals surface area contributed by atoms with Crippen LogP contribution >= 0.6 is 0 Å². The van der Waals surface area contributed by atoms with Crippen molar-refractivity contribution in [3.63, 3.8) is 0 Å². The van der Waals surface area contributed by atoms with Crippen LogP contribution in [0.1, 0.15) is 16.2 Å². The third-order valence-electron chi connectivity index (χ3n) is 2.97. The summed E-state index contributed by atoms with van der Waals surface area (Å²) in [5.41, 5.74) is 3.51. The molecule has 3 aromatic rings. The number of aryl methyl sites for hydroxylation is 1. The van der Waals surface area contributed by atoms with Crippen LogP contribution in [0.15, 0.2) is 53.4 Å². The van der Waals surface area contributed by atoms with Crippen LogP contribution in [0.5, 0.6) is 0 Å². The first-order valence-electron chi connectivity index (χ1n) is 6.19. The van der Waals surface area contributed by atoms with E-state index in [0.29, 0.717) is 5.69 Å². The molecule has 1 amide bonds. The topological polar surface area (TPSA) is 70.9 Å². The number of aromatic amines is 1. The average Bonchev–Trinajstić information content (AvgIpc) is 3.10. The van der Waals surface area contributed by atoms with Gasteiger partial charge in [0, 0.05) is 16.9 Å². The Kier molecular flexibility index (Phi) is 3.09. The van der Waals surface area contributed by atoms with Crippen LogP contribution in [0.4, 0.5) is 5.69 Å². The molecule has 2 aromatic heterocycles. The molecular formula is C15H13N3O2. The van der Waals surface area contributed by atoms with Crippen LogP contribution in [-0.2, 0) is 0 Å². The molecule has 0 spiro atoms. The Morgan fingerprint density at radius 3 is 2.90 bits per heavy atom. The summed E-state index contributed by atoms with van der Waals surface area (Å²) in [5, 5.41) is 2.80. The number of nitrogens with zero attached hydrogens (tertiary/aromatic N) is 1. The SMILES string of the molecule is Cc1[nH]cnc1-c1cccc(NC(=O)c2ccco2)c1. The highest BCUT2D eigenvalue weighted by molar-refractivity contribution is 6.02. The predicted octanol–water partition coefficient (Wildman–Crippen LogP) is 3.23. The van der Waals surface area contributed by atoms with Crippen molar-refractivity contribution in [3.8, 4) is 11.3 Å². The molecule has 1 aromatic carbocycles. The number of rotatable bonds is 3. The summed E-state index contributed by atoms with van der Waals surface area (Å²) in [7, 11) is 0. The Bertz CT molecular complexity index is 729. The average molecular weight is 267 g/mol. The number of aromatic nitrogens is 2. The van der Waals surface area contributed by atoms with Gasteiger partial charge in [0.25, 0.3) is 5.91 Å². The third-order valence-corrected chi connectivity index (χ3v) is 2.97. The molecule has 5 heteroatoms. The van der Waals surface area contributed by atoms with Crippen molar-refractivity contribution in [1.82, 2.24) is 9.97 Å². The molecule has 0 aliphatic rings. The van der Waals surface area contributed by atoms with Crippen LogP contribution in [0, 0.1) is 6.92 Å². The van der Waals surface area contributed by atoms with E-state index >= 15 is 0 Å². The minimum absolute atomic E-state index is 0.272. The molecule has 0 aliphatic carbocycles.